The van der Waals surface area contributed by atoms with Crippen molar-refractivity contribution in [3.63, 3.8) is 0 Å². The lowest BCUT2D eigenvalue weighted by molar-refractivity contribution is -0.660. The van der Waals surface area contributed by atoms with E-state index in [-0.39, 0.29) is 27.1 Å². The van der Waals surface area contributed by atoms with Crippen LogP contribution < -0.4 is 22.8 Å². The minimum atomic E-state index is 0.169. The maximum Gasteiger partial charge on any atom is 0.212 e. The van der Waals surface area contributed by atoms with E-state index in [0.717, 1.165) is 12.8 Å². The Hall–Kier alpha value is -8.15. The van der Waals surface area contributed by atoms with Gasteiger partial charge in [0.2, 0.25) is 28.5 Å². The molecule has 0 aliphatic carbocycles. The van der Waals surface area contributed by atoms with Crippen LogP contribution in [0, 0.1) is 60.3 Å². The Morgan fingerprint density at radius 1 is 0.252 bits per heavy atom. The van der Waals surface area contributed by atoms with Gasteiger partial charge in [-0.05, 0) is 209 Å². The molecule has 0 bridgehead atoms. The molecule has 0 aliphatic heterocycles. The zero-order valence-electron chi connectivity index (χ0n) is 70.7. The molecule has 5 nitrogen and oxygen atoms in total. The first-order valence-electron chi connectivity index (χ1n) is 38.1. The number of aromatic nitrogens is 5. The van der Waals surface area contributed by atoms with Gasteiger partial charge < -0.3 is 0 Å². The molecule has 0 atom stereocenters. The quantitative estimate of drug-likeness (QED) is 0.122. The van der Waals surface area contributed by atoms with Gasteiger partial charge in [0.25, 0.3) is 0 Å². The van der Waals surface area contributed by atoms with Crippen LogP contribution in [0.1, 0.15) is 235 Å². The van der Waals surface area contributed by atoms with Gasteiger partial charge in [0.05, 0.1) is 0 Å². The van der Waals surface area contributed by atoms with Crippen LogP contribution in [0.25, 0.3) is 56.3 Å². The molecule has 0 N–H and O–H groups in total. The molecule has 103 heavy (non-hydrogen) atoms. The predicted molar refractivity (Wildman–Crippen MR) is 443 cm³/mol. The van der Waals surface area contributed by atoms with Crippen LogP contribution in [0.3, 0.4) is 0 Å². The maximum absolute atomic E-state index is 2.35. The monoisotopic (exact) mass is 1380 g/mol. The zero-order chi connectivity index (χ0) is 77.2. The van der Waals surface area contributed by atoms with Crippen molar-refractivity contribution in [2.45, 2.75) is 240 Å². The van der Waals surface area contributed by atoms with E-state index in [2.05, 4.69) is 435 Å². The molecule has 0 spiro atoms. The van der Waals surface area contributed by atoms with Crippen molar-refractivity contribution in [3.8, 4) is 56.3 Å². The van der Waals surface area contributed by atoms with Gasteiger partial charge in [0, 0.05) is 88.5 Å². The summed E-state index contributed by atoms with van der Waals surface area (Å²) in [6, 6.07) is 56.8. The predicted octanol–water partition coefficient (Wildman–Crippen LogP) is 23.1. The summed E-state index contributed by atoms with van der Waals surface area (Å²) >= 11 is 0. The third-order valence-electron chi connectivity index (χ3n) is 20.0. The van der Waals surface area contributed by atoms with Crippen molar-refractivity contribution < 1.29 is 22.8 Å². The Bertz CT molecular complexity index is 4510. The van der Waals surface area contributed by atoms with Crippen LogP contribution in [0.5, 0.6) is 0 Å². The van der Waals surface area contributed by atoms with Gasteiger partial charge in [-0.1, -0.05) is 217 Å². The van der Waals surface area contributed by atoms with Crippen LogP contribution >= 0.6 is 0 Å². The van der Waals surface area contributed by atoms with Gasteiger partial charge in [-0.25, -0.2) is 22.8 Å². The zero-order valence-corrected chi connectivity index (χ0v) is 70.7. The molecule has 0 fully saturated rings. The van der Waals surface area contributed by atoms with E-state index in [1.165, 1.54) is 140 Å². The summed E-state index contributed by atoms with van der Waals surface area (Å²) in [4.78, 5) is 0. The molecule has 10 aromatic rings. The third kappa shape index (κ3) is 23.4. The fourth-order valence-electron chi connectivity index (χ4n) is 13.2. The Morgan fingerprint density at radius 2 is 0.544 bits per heavy atom. The third-order valence-corrected chi connectivity index (χ3v) is 20.0. The molecule has 5 heteroatoms. The van der Waals surface area contributed by atoms with Crippen molar-refractivity contribution in [3.05, 3.63) is 266 Å². The second-order valence-electron chi connectivity index (χ2n) is 36.2. The summed E-state index contributed by atoms with van der Waals surface area (Å²) in [5, 5.41) is 0. The van der Waals surface area contributed by atoms with Crippen LogP contribution in [-0.4, -0.2) is 0 Å². The maximum atomic E-state index is 2.35. The van der Waals surface area contributed by atoms with Gasteiger partial charge in [-0.15, -0.1) is 0 Å². The smallest absolute Gasteiger partial charge is 0.201 e. The summed E-state index contributed by atoms with van der Waals surface area (Å²) in [6.07, 6.45) is 13.1. The van der Waals surface area contributed by atoms with Gasteiger partial charge in [0.1, 0.15) is 35.2 Å². The number of aryl methyl sites for hydroxylation is 12. The molecule has 5 aromatic carbocycles. The van der Waals surface area contributed by atoms with E-state index in [0.29, 0.717) is 17.8 Å². The highest BCUT2D eigenvalue weighted by Gasteiger charge is 2.26. The normalized spacial score (nSPS) is 11.9. The fourth-order valence-corrected chi connectivity index (χ4v) is 13.2. The molecule has 0 radical (unpaired) electrons. The highest BCUT2D eigenvalue weighted by Crippen LogP contribution is 2.34. The standard InChI is InChI=1S/2C21H30N.C20H28N.2C18H24N/c1-15-13-16(20(2,3)4)9-10-18(15)19-14-17(21(5,6)7)11-12-22(19)8;1-15(2)12-17-8-9-19(16(3)13-17)20-14-18(21(4,5)6)10-11-22(20)7;1-14(2)16-8-9-18(15(3)12-16)19-13-17(20(4,5)6)10-11-21(19)7;1-13-7-8-16(14(2)11-13)17-12-15(18(3,4)5)9-10-19(17)6;1-13(2)10-16-8-9-19(5)18(12-16)17-11-14(3)6-7-15(17)4/h9-14H,1-8H3;8-11,13-15H,12H2,1-7H3;8-14H,1-7H3;7-12H,1-6H3;6-9,11-13H,10H2,1-5H3/q5*+1. The molecule has 548 valence electrons. The topological polar surface area (TPSA) is 19.4 Å². The van der Waals surface area contributed by atoms with Crippen molar-refractivity contribution in [1.82, 2.24) is 0 Å². The second-order valence-corrected chi connectivity index (χ2v) is 36.2. The summed E-state index contributed by atoms with van der Waals surface area (Å²) in [6.45, 7) is 62.9. The average Bonchev–Trinajstić information content (AvgIpc) is 0.797. The number of nitrogens with zero attached hydrogens (tertiary/aromatic N) is 5. The molecule has 0 aliphatic rings. The summed E-state index contributed by atoms with van der Waals surface area (Å²) in [5.41, 5.74) is 34.5. The molecule has 0 saturated carbocycles. The number of hydrogen-bond donors (Lipinski definition) is 0. The molecule has 0 amide bonds. The van der Waals surface area contributed by atoms with Crippen LogP contribution in [0.15, 0.2) is 183 Å². The van der Waals surface area contributed by atoms with E-state index in [1.807, 2.05) is 0 Å². The van der Waals surface area contributed by atoms with Crippen molar-refractivity contribution in [2.24, 2.45) is 47.1 Å². The molecule has 0 saturated heterocycles. The Morgan fingerprint density at radius 3 is 0.883 bits per heavy atom. The molecule has 5 heterocycles. The first kappa shape index (κ1) is 83.8. The van der Waals surface area contributed by atoms with E-state index >= 15 is 0 Å². The van der Waals surface area contributed by atoms with E-state index < -0.39 is 0 Å². The SMILES string of the molecule is Cc1cc(C(C)(C)C)ccc1-c1cc(C(C)(C)C)cc[n+]1C.Cc1cc(C(C)C)ccc1-c1cc(C(C)(C)C)cc[n+]1C.Cc1cc(CC(C)C)ccc1-c1cc(C(C)(C)C)cc[n+]1C.Cc1ccc(-c2cc(C(C)(C)C)cc[n+]2C)c(C)c1.Cc1ccc(C)c(-c2cc(CC(C)C)cc[n+]2C)c1. The van der Waals surface area contributed by atoms with Gasteiger partial charge >= 0.3 is 0 Å². The van der Waals surface area contributed by atoms with Crippen molar-refractivity contribution in [1.29, 1.82) is 0 Å². The summed E-state index contributed by atoms with van der Waals surface area (Å²) in [7, 11) is 10.6. The molecular formula is C98H136N5+5. The minimum Gasteiger partial charge on any atom is -0.201 e. The fraction of sp³-hybridized carbons (Fsp3) is 0.439. The lowest BCUT2D eigenvalue weighted by Crippen LogP contribution is -2.32. The van der Waals surface area contributed by atoms with Gasteiger partial charge in [0.15, 0.2) is 31.0 Å². The van der Waals surface area contributed by atoms with Crippen molar-refractivity contribution in [2.75, 3.05) is 0 Å². The Kier molecular flexibility index (Phi) is 28.2. The average molecular weight is 1380 g/mol. The Balaban J connectivity index is 0.000000202. The molecular weight excluding hydrogens is 1250 g/mol. The number of hydrogen-bond acceptors (Lipinski definition) is 0. The molecule has 5 aromatic heterocycles. The minimum absolute atomic E-state index is 0.169. The Labute approximate surface area is 628 Å². The molecule has 10 rings (SSSR count). The molecule has 0 unspecified atom stereocenters. The number of pyridine rings is 5. The largest absolute Gasteiger partial charge is 0.212 e. The van der Waals surface area contributed by atoms with Crippen LogP contribution in [0.2, 0.25) is 0 Å². The number of benzene rings is 5. The first-order valence-corrected chi connectivity index (χ1v) is 38.1. The lowest BCUT2D eigenvalue weighted by Gasteiger charge is -2.21. The van der Waals surface area contributed by atoms with E-state index in [1.54, 1.807) is 0 Å². The lowest BCUT2D eigenvalue weighted by atomic mass is 9.84. The number of rotatable bonds is 10. The first-order chi connectivity index (χ1) is 47.6. The summed E-state index contributed by atoms with van der Waals surface area (Å²) in [5.74, 6) is 1.97. The van der Waals surface area contributed by atoms with Crippen molar-refractivity contribution >= 4 is 0 Å². The van der Waals surface area contributed by atoms with Crippen LogP contribution in [-0.2, 0) is 75.2 Å². The summed E-state index contributed by atoms with van der Waals surface area (Å²) < 4.78 is 11.1. The van der Waals surface area contributed by atoms with Crippen LogP contribution in [0.4, 0.5) is 0 Å². The van der Waals surface area contributed by atoms with E-state index in [9.17, 15) is 0 Å². The van der Waals surface area contributed by atoms with Gasteiger partial charge in [-0.3, -0.25) is 0 Å². The van der Waals surface area contributed by atoms with E-state index in [4.69, 9.17) is 0 Å². The van der Waals surface area contributed by atoms with Gasteiger partial charge in [-0.2, -0.15) is 0 Å². The second kappa shape index (κ2) is 34.6. The highest BCUT2D eigenvalue weighted by molar-refractivity contribution is 5.66. The highest BCUT2D eigenvalue weighted by atomic mass is 14.9.